The molecule has 2 rings (SSSR count). The van der Waals surface area contributed by atoms with Crippen LogP contribution in [-0.2, 0) is 6.42 Å². The summed E-state index contributed by atoms with van der Waals surface area (Å²) in [5, 5.41) is 0. The van der Waals surface area contributed by atoms with Gasteiger partial charge in [-0.05, 0) is 11.6 Å². The van der Waals surface area contributed by atoms with Crippen LogP contribution in [0.15, 0.2) is 47.6 Å². The first-order chi connectivity index (χ1) is 5.45. The van der Waals surface area contributed by atoms with E-state index in [2.05, 4.69) is 29.3 Å². The average Bonchev–Trinajstić information content (AvgIpc) is 1.99. The largest absolute Gasteiger partial charge is 0.261 e. The molecule has 1 nitrogen and oxygen atoms in total. The Labute approximate surface area is 66.1 Å². The zero-order valence-electron chi connectivity index (χ0n) is 6.20. The Kier molecular flexibility index (Phi) is 1.56. The van der Waals surface area contributed by atoms with Crippen LogP contribution in [0.5, 0.6) is 0 Å². The Hall–Kier alpha value is -1.37. The first-order valence-corrected chi connectivity index (χ1v) is 3.72. The number of allylic oxidation sites excluding steroid dienone is 1. The lowest BCUT2D eigenvalue weighted by molar-refractivity contribution is 1.29. The molecule has 0 unspecified atom stereocenters. The molecule has 1 aliphatic rings. The molecule has 0 aliphatic carbocycles. The summed E-state index contributed by atoms with van der Waals surface area (Å²) in [5.74, 6) is 0. The van der Waals surface area contributed by atoms with E-state index in [1.807, 2.05) is 18.3 Å². The minimum Gasteiger partial charge on any atom is -0.261 e. The van der Waals surface area contributed by atoms with Crippen LogP contribution in [0.4, 0.5) is 0 Å². The lowest BCUT2D eigenvalue weighted by Gasteiger charge is -2.04. The van der Waals surface area contributed by atoms with Crippen molar-refractivity contribution >= 4 is 5.71 Å². The molecule has 0 aromatic heterocycles. The van der Waals surface area contributed by atoms with E-state index in [1.165, 1.54) is 11.3 Å². The van der Waals surface area contributed by atoms with Crippen molar-refractivity contribution < 1.29 is 0 Å². The summed E-state index contributed by atoms with van der Waals surface area (Å²) >= 11 is 0. The van der Waals surface area contributed by atoms with E-state index < -0.39 is 0 Å². The normalized spacial score (nSPS) is 14.0. The van der Waals surface area contributed by atoms with E-state index in [9.17, 15) is 0 Å². The van der Waals surface area contributed by atoms with Gasteiger partial charge in [0, 0.05) is 18.3 Å². The molecule has 54 valence electrons. The van der Waals surface area contributed by atoms with Gasteiger partial charge in [0.05, 0.1) is 0 Å². The fourth-order valence-corrected chi connectivity index (χ4v) is 1.09. The van der Waals surface area contributed by atoms with E-state index >= 15 is 0 Å². The van der Waals surface area contributed by atoms with Crippen molar-refractivity contribution in [2.75, 3.05) is 0 Å². The van der Waals surface area contributed by atoms with Crippen LogP contribution in [0.25, 0.3) is 0 Å². The van der Waals surface area contributed by atoms with Gasteiger partial charge in [-0.25, -0.2) is 0 Å². The van der Waals surface area contributed by atoms with Crippen LogP contribution >= 0.6 is 0 Å². The maximum Gasteiger partial charge on any atom is 0.0462 e. The third-order valence-corrected chi connectivity index (χ3v) is 1.74. The summed E-state index contributed by atoms with van der Waals surface area (Å²) in [6.07, 6.45) is 4.85. The third-order valence-electron chi connectivity index (χ3n) is 1.74. The number of hydrogen-bond donors (Lipinski definition) is 0. The number of hydrogen-bond acceptors (Lipinski definition) is 1. The molecule has 1 aromatic rings. The molecule has 0 N–H and O–H groups in total. The van der Waals surface area contributed by atoms with Crippen molar-refractivity contribution in [3.63, 3.8) is 0 Å². The summed E-state index contributed by atoms with van der Waals surface area (Å²) in [6.45, 7) is 0. The second kappa shape index (κ2) is 2.70. The Morgan fingerprint density at radius 3 is 2.36 bits per heavy atom. The molecule has 1 aliphatic heterocycles. The molecular weight excluding hydrogens is 134 g/mol. The maximum atomic E-state index is 4.10. The van der Waals surface area contributed by atoms with E-state index in [0.29, 0.717) is 0 Å². The zero-order chi connectivity index (χ0) is 7.52. The van der Waals surface area contributed by atoms with Crippen molar-refractivity contribution in [3.8, 4) is 0 Å². The Balaban J connectivity index is 2.07. The Morgan fingerprint density at radius 1 is 1.09 bits per heavy atom. The van der Waals surface area contributed by atoms with Crippen molar-refractivity contribution in [2.24, 2.45) is 4.99 Å². The van der Waals surface area contributed by atoms with E-state index in [-0.39, 0.29) is 0 Å². The third kappa shape index (κ3) is 1.37. The first-order valence-electron chi connectivity index (χ1n) is 3.72. The predicted octanol–water partition coefficient (Wildman–Crippen LogP) is 2.20. The minimum absolute atomic E-state index is 0.970. The number of rotatable bonds is 2. The molecule has 0 saturated heterocycles. The Bertz CT molecular complexity index is 296. The van der Waals surface area contributed by atoms with Gasteiger partial charge in [-0.2, -0.15) is 0 Å². The standard InChI is InChI=1S/C10H9N/c1-2-4-9(5-3-1)8-10-6-7-11-10/h1-7H,8H2. The van der Waals surface area contributed by atoms with Crippen LogP contribution in [0, 0.1) is 0 Å². The average molecular weight is 143 g/mol. The van der Waals surface area contributed by atoms with E-state index in [1.54, 1.807) is 0 Å². The molecule has 0 atom stereocenters. The summed E-state index contributed by atoms with van der Waals surface area (Å²) in [7, 11) is 0. The fourth-order valence-electron chi connectivity index (χ4n) is 1.09. The van der Waals surface area contributed by atoms with E-state index in [0.717, 1.165) is 6.42 Å². The number of aliphatic imine (C=N–C) groups is 1. The molecule has 0 radical (unpaired) electrons. The first kappa shape index (κ1) is 6.35. The van der Waals surface area contributed by atoms with E-state index in [4.69, 9.17) is 0 Å². The van der Waals surface area contributed by atoms with Gasteiger partial charge >= 0.3 is 0 Å². The molecule has 1 heterocycles. The molecule has 1 heteroatoms. The van der Waals surface area contributed by atoms with Gasteiger partial charge in [0.1, 0.15) is 0 Å². The maximum absolute atomic E-state index is 4.10. The SMILES string of the molecule is C1=CC(Cc2ccccc2)=N1. The quantitative estimate of drug-likeness (QED) is 0.601. The molecule has 0 fully saturated rings. The van der Waals surface area contributed by atoms with Gasteiger partial charge in [-0.1, -0.05) is 30.3 Å². The zero-order valence-corrected chi connectivity index (χ0v) is 6.20. The lowest BCUT2D eigenvalue weighted by Crippen LogP contribution is -2.03. The highest BCUT2D eigenvalue weighted by molar-refractivity contribution is 6.00. The van der Waals surface area contributed by atoms with Gasteiger partial charge in [0.25, 0.3) is 0 Å². The van der Waals surface area contributed by atoms with Crippen molar-refractivity contribution in [3.05, 3.63) is 48.2 Å². The molecule has 11 heavy (non-hydrogen) atoms. The highest BCUT2D eigenvalue weighted by Gasteiger charge is 2.00. The Morgan fingerprint density at radius 2 is 1.82 bits per heavy atom. The second-order valence-corrected chi connectivity index (χ2v) is 2.60. The summed E-state index contributed by atoms with van der Waals surface area (Å²) in [6, 6.07) is 10.4. The van der Waals surface area contributed by atoms with Gasteiger partial charge < -0.3 is 0 Å². The van der Waals surface area contributed by atoms with Gasteiger partial charge in [0.2, 0.25) is 0 Å². The molecule has 0 saturated carbocycles. The molecule has 1 aromatic carbocycles. The highest BCUT2D eigenvalue weighted by Crippen LogP contribution is 2.05. The molecular formula is C10H9N. The minimum atomic E-state index is 0.970. The summed E-state index contributed by atoms with van der Waals surface area (Å²) < 4.78 is 0. The van der Waals surface area contributed by atoms with Crippen molar-refractivity contribution in [1.29, 1.82) is 0 Å². The smallest absolute Gasteiger partial charge is 0.0462 e. The fraction of sp³-hybridized carbons (Fsp3) is 0.100. The lowest BCUT2D eigenvalue weighted by atomic mass is 10.1. The van der Waals surface area contributed by atoms with Gasteiger partial charge in [-0.15, -0.1) is 0 Å². The monoisotopic (exact) mass is 143 g/mol. The van der Waals surface area contributed by atoms with Crippen molar-refractivity contribution in [1.82, 2.24) is 0 Å². The summed E-state index contributed by atoms with van der Waals surface area (Å²) in [4.78, 5) is 4.10. The molecule has 0 amide bonds. The van der Waals surface area contributed by atoms with Crippen LogP contribution < -0.4 is 0 Å². The molecule has 0 spiro atoms. The molecule has 0 bridgehead atoms. The van der Waals surface area contributed by atoms with Gasteiger partial charge in [-0.3, -0.25) is 4.99 Å². The van der Waals surface area contributed by atoms with Crippen molar-refractivity contribution in [2.45, 2.75) is 6.42 Å². The second-order valence-electron chi connectivity index (χ2n) is 2.60. The predicted molar refractivity (Wildman–Crippen MR) is 46.7 cm³/mol. The van der Waals surface area contributed by atoms with Crippen LogP contribution in [0.3, 0.4) is 0 Å². The summed E-state index contributed by atoms with van der Waals surface area (Å²) in [5.41, 5.74) is 2.51. The van der Waals surface area contributed by atoms with Crippen LogP contribution in [-0.4, -0.2) is 5.71 Å². The topological polar surface area (TPSA) is 12.4 Å². The number of nitrogens with zero attached hydrogens (tertiary/aromatic N) is 1. The number of benzene rings is 1. The highest BCUT2D eigenvalue weighted by atomic mass is 14.7. The van der Waals surface area contributed by atoms with Crippen LogP contribution in [0.1, 0.15) is 5.56 Å². The van der Waals surface area contributed by atoms with Crippen LogP contribution in [0.2, 0.25) is 0 Å². The van der Waals surface area contributed by atoms with Gasteiger partial charge in [0.15, 0.2) is 0 Å².